The number of nitrogens with zero attached hydrogens (tertiary/aromatic N) is 2. The fourth-order valence-corrected chi connectivity index (χ4v) is 3.28. The monoisotopic (exact) mass is 347 g/mol. The molecule has 0 saturated heterocycles. The van der Waals surface area contributed by atoms with Gasteiger partial charge in [-0.2, -0.15) is 5.10 Å². The van der Waals surface area contributed by atoms with Crippen LogP contribution in [0.25, 0.3) is 6.08 Å². The number of aromatic nitrogens is 2. The van der Waals surface area contributed by atoms with E-state index in [1.54, 1.807) is 17.7 Å². The lowest BCUT2D eigenvalue weighted by atomic mass is 9.86. The normalized spacial score (nSPS) is 22.0. The highest BCUT2D eigenvalue weighted by Crippen LogP contribution is 2.23. The van der Waals surface area contributed by atoms with Crippen molar-refractivity contribution in [2.45, 2.75) is 65.5 Å². The number of esters is 1. The zero-order valence-electron chi connectivity index (χ0n) is 15.8. The van der Waals surface area contributed by atoms with Crippen LogP contribution in [0.3, 0.4) is 0 Å². The highest BCUT2D eigenvalue weighted by molar-refractivity contribution is 5.90. The average molecular weight is 347 g/mol. The Hall–Kier alpha value is -2.11. The van der Waals surface area contributed by atoms with Crippen LogP contribution in [0, 0.1) is 19.8 Å². The Morgan fingerprint density at radius 3 is 2.60 bits per heavy atom. The number of amides is 1. The largest absolute Gasteiger partial charge is 0.449 e. The minimum absolute atomic E-state index is 0.179. The number of hydrogen-bond acceptors (Lipinski definition) is 4. The van der Waals surface area contributed by atoms with Gasteiger partial charge in [0.2, 0.25) is 0 Å². The zero-order valence-corrected chi connectivity index (χ0v) is 15.8. The van der Waals surface area contributed by atoms with E-state index in [-0.39, 0.29) is 11.9 Å². The van der Waals surface area contributed by atoms with Crippen molar-refractivity contribution in [2.75, 3.05) is 0 Å². The van der Waals surface area contributed by atoms with E-state index in [9.17, 15) is 9.59 Å². The van der Waals surface area contributed by atoms with Gasteiger partial charge >= 0.3 is 5.97 Å². The summed E-state index contributed by atoms with van der Waals surface area (Å²) in [5.74, 6) is -0.284. The van der Waals surface area contributed by atoms with Gasteiger partial charge in [0.1, 0.15) is 0 Å². The molecule has 0 aliphatic heterocycles. The third-order valence-corrected chi connectivity index (χ3v) is 5.05. The second kappa shape index (κ2) is 8.32. The quantitative estimate of drug-likeness (QED) is 0.656. The molecule has 3 atom stereocenters. The maximum atomic E-state index is 12.3. The van der Waals surface area contributed by atoms with Gasteiger partial charge in [-0.3, -0.25) is 9.48 Å². The highest BCUT2D eigenvalue weighted by Gasteiger charge is 2.26. The molecule has 25 heavy (non-hydrogen) atoms. The van der Waals surface area contributed by atoms with Crippen molar-refractivity contribution in [1.29, 1.82) is 0 Å². The van der Waals surface area contributed by atoms with Gasteiger partial charge in [-0.15, -0.1) is 0 Å². The molecule has 0 unspecified atom stereocenters. The summed E-state index contributed by atoms with van der Waals surface area (Å²) in [7, 11) is 1.86. The van der Waals surface area contributed by atoms with E-state index in [4.69, 9.17) is 4.74 Å². The van der Waals surface area contributed by atoms with Crippen LogP contribution in [0.5, 0.6) is 0 Å². The third kappa shape index (κ3) is 4.94. The van der Waals surface area contributed by atoms with Crippen molar-refractivity contribution in [3.63, 3.8) is 0 Å². The maximum Gasteiger partial charge on any atom is 0.331 e. The molecule has 0 bridgehead atoms. The summed E-state index contributed by atoms with van der Waals surface area (Å²) in [6.45, 7) is 7.59. The van der Waals surface area contributed by atoms with Crippen LogP contribution in [-0.4, -0.2) is 33.8 Å². The fourth-order valence-electron chi connectivity index (χ4n) is 3.28. The molecule has 0 aromatic carbocycles. The summed E-state index contributed by atoms with van der Waals surface area (Å²) in [4.78, 5) is 24.3. The first-order valence-corrected chi connectivity index (χ1v) is 8.99. The minimum Gasteiger partial charge on any atom is -0.449 e. The first kappa shape index (κ1) is 19.2. The predicted molar refractivity (Wildman–Crippen MR) is 96.8 cm³/mol. The number of carbonyl (C=O) groups excluding carboxylic acids is 2. The number of aryl methyl sites for hydroxylation is 2. The number of carbonyl (C=O) groups is 2. The van der Waals surface area contributed by atoms with Crippen molar-refractivity contribution >= 4 is 18.0 Å². The van der Waals surface area contributed by atoms with Crippen LogP contribution >= 0.6 is 0 Å². The van der Waals surface area contributed by atoms with E-state index in [0.29, 0.717) is 5.92 Å². The first-order chi connectivity index (χ1) is 11.8. The van der Waals surface area contributed by atoms with E-state index in [0.717, 1.165) is 36.2 Å². The zero-order chi connectivity index (χ0) is 18.6. The van der Waals surface area contributed by atoms with Gasteiger partial charge in [-0.25, -0.2) is 4.79 Å². The van der Waals surface area contributed by atoms with E-state index in [1.165, 1.54) is 12.5 Å². The maximum absolute atomic E-state index is 12.3. The van der Waals surface area contributed by atoms with Crippen molar-refractivity contribution in [3.8, 4) is 0 Å². The smallest absolute Gasteiger partial charge is 0.331 e. The van der Waals surface area contributed by atoms with E-state index >= 15 is 0 Å². The Morgan fingerprint density at radius 1 is 1.32 bits per heavy atom. The van der Waals surface area contributed by atoms with Crippen LogP contribution in [0.2, 0.25) is 0 Å². The Bertz CT molecular complexity index is 663. The van der Waals surface area contributed by atoms with Gasteiger partial charge < -0.3 is 10.1 Å². The van der Waals surface area contributed by atoms with Crippen LogP contribution in [-0.2, 0) is 21.4 Å². The summed E-state index contributed by atoms with van der Waals surface area (Å²) in [5, 5.41) is 7.31. The molecule has 138 valence electrons. The van der Waals surface area contributed by atoms with Crippen LogP contribution in [0.4, 0.5) is 0 Å². The standard InChI is InChI=1S/C19H29N3O3/c1-12-8-6-7-9-17(12)20-19(24)15(4)25-18(23)11-10-16-13(2)21-22(5)14(16)3/h10-12,15,17H,6-9H2,1-5H3,(H,20,24)/b11-10+/t12-,15-,17-/m0/s1. The van der Waals surface area contributed by atoms with Gasteiger partial charge in [-0.05, 0) is 45.6 Å². The molecule has 1 saturated carbocycles. The summed E-state index contributed by atoms with van der Waals surface area (Å²) >= 11 is 0. The lowest BCUT2D eigenvalue weighted by Crippen LogP contribution is -2.45. The Balaban J connectivity index is 1.88. The predicted octanol–water partition coefficient (Wildman–Crippen LogP) is 2.68. The fraction of sp³-hybridized carbons (Fsp3) is 0.632. The molecule has 0 radical (unpaired) electrons. The van der Waals surface area contributed by atoms with Gasteiger partial charge in [0.25, 0.3) is 5.91 Å². The Kier molecular flexibility index (Phi) is 6.39. The molecule has 1 aromatic heterocycles. The molecule has 1 aromatic rings. The number of ether oxygens (including phenoxy) is 1. The Labute approximate surface area is 149 Å². The SMILES string of the molecule is Cc1nn(C)c(C)c1/C=C/C(=O)O[C@@H](C)C(=O)N[C@H]1CCCC[C@@H]1C. The van der Waals surface area contributed by atoms with Gasteiger partial charge in [0.05, 0.1) is 5.69 Å². The summed E-state index contributed by atoms with van der Waals surface area (Å²) in [5.41, 5.74) is 2.72. The van der Waals surface area contributed by atoms with Crippen molar-refractivity contribution < 1.29 is 14.3 Å². The van der Waals surface area contributed by atoms with Gasteiger partial charge in [0.15, 0.2) is 6.10 Å². The summed E-state index contributed by atoms with van der Waals surface area (Å²) in [6, 6.07) is 0.179. The molecule has 1 aliphatic rings. The average Bonchev–Trinajstić information content (AvgIpc) is 2.80. The number of hydrogen-bond donors (Lipinski definition) is 1. The number of rotatable bonds is 5. The highest BCUT2D eigenvalue weighted by atomic mass is 16.5. The van der Waals surface area contributed by atoms with E-state index in [1.807, 2.05) is 20.9 Å². The van der Waals surface area contributed by atoms with E-state index in [2.05, 4.69) is 17.3 Å². The van der Waals surface area contributed by atoms with E-state index < -0.39 is 12.1 Å². The number of nitrogens with one attached hydrogen (secondary N) is 1. The summed E-state index contributed by atoms with van der Waals surface area (Å²) < 4.78 is 7.00. The molecular formula is C19H29N3O3. The molecule has 2 rings (SSSR count). The van der Waals surface area contributed by atoms with Crippen molar-refractivity contribution in [1.82, 2.24) is 15.1 Å². The lowest BCUT2D eigenvalue weighted by Gasteiger charge is -2.30. The van der Waals surface area contributed by atoms with Crippen molar-refractivity contribution in [3.05, 3.63) is 23.0 Å². The third-order valence-electron chi connectivity index (χ3n) is 5.05. The van der Waals surface area contributed by atoms with Gasteiger partial charge in [-0.1, -0.05) is 19.8 Å². The lowest BCUT2D eigenvalue weighted by molar-refractivity contribution is -0.150. The molecule has 1 heterocycles. The second-order valence-electron chi connectivity index (χ2n) is 7.00. The van der Waals surface area contributed by atoms with Crippen LogP contribution in [0.15, 0.2) is 6.08 Å². The minimum atomic E-state index is -0.803. The molecule has 0 spiro atoms. The second-order valence-corrected chi connectivity index (χ2v) is 7.00. The Morgan fingerprint density at radius 2 is 2.00 bits per heavy atom. The van der Waals surface area contributed by atoms with Crippen LogP contribution < -0.4 is 5.32 Å². The molecule has 1 aliphatic carbocycles. The van der Waals surface area contributed by atoms with Crippen molar-refractivity contribution in [2.24, 2.45) is 13.0 Å². The first-order valence-electron chi connectivity index (χ1n) is 8.99. The topological polar surface area (TPSA) is 73.2 Å². The molecule has 1 fully saturated rings. The molecule has 1 N–H and O–H groups in total. The summed E-state index contributed by atoms with van der Waals surface area (Å²) in [6.07, 6.45) is 6.71. The van der Waals surface area contributed by atoms with Gasteiger partial charge in [0, 0.05) is 30.4 Å². The molecular weight excluding hydrogens is 318 g/mol. The molecule has 6 nitrogen and oxygen atoms in total. The molecule has 6 heteroatoms. The van der Waals surface area contributed by atoms with Crippen LogP contribution in [0.1, 0.15) is 56.5 Å². The molecule has 1 amide bonds.